The molecule has 0 spiro atoms. The molecule has 0 aliphatic rings. The van der Waals surface area contributed by atoms with Crippen LogP contribution >= 0.6 is 0 Å². The highest BCUT2D eigenvalue weighted by molar-refractivity contribution is 5.97. The fourth-order valence-electron chi connectivity index (χ4n) is 8.49. The van der Waals surface area contributed by atoms with Crippen molar-refractivity contribution in [3.63, 3.8) is 0 Å². The standard InChI is InChI=1S/C60H89N9O19/c1-5-68(6-2)46-14-13-45-39-49(59(75)88-52(45)40-46)57(73)64-21-24-80-26-28-82-30-32-84-34-36-86-38-37-85-35-33-83-31-29-81-27-25-79-23-18-56(72)67-50(9-7-19-65-60(61)62)58(74)66-43(3)48-41-54(53(78-4)42-51(48)69(76)77)87-22-8-10-55(71)63-20-17-44-11-15-47(70)16-12-44/h11-16,39-43,50,70H,5-10,17-38H2,1-4H3,(H,63,71)(H,64,73)(H,66,74)(H,67,72)(H4,61,62,65). The summed E-state index contributed by atoms with van der Waals surface area (Å²) in [6.07, 6.45) is 1.48. The van der Waals surface area contributed by atoms with E-state index in [9.17, 15) is 39.2 Å². The zero-order valence-corrected chi connectivity index (χ0v) is 51.0. The van der Waals surface area contributed by atoms with Gasteiger partial charge in [-0.25, -0.2) is 4.79 Å². The van der Waals surface area contributed by atoms with E-state index in [1.54, 1.807) is 31.2 Å². The first-order valence-electron chi connectivity index (χ1n) is 29.6. The van der Waals surface area contributed by atoms with Crippen molar-refractivity contribution in [2.45, 2.75) is 71.4 Å². The molecule has 1 aromatic heterocycles. The van der Waals surface area contributed by atoms with Crippen LogP contribution in [0.4, 0.5) is 11.4 Å². The van der Waals surface area contributed by atoms with Crippen LogP contribution in [0.5, 0.6) is 17.2 Å². The Bertz CT molecular complexity index is 2790. The summed E-state index contributed by atoms with van der Waals surface area (Å²) in [5.74, 6) is -1.64. The Kier molecular flexibility index (Phi) is 35.6. The number of phenolic OH excluding ortho intramolecular Hbond substituents is 1. The molecule has 1 heterocycles. The van der Waals surface area contributed by atoms with Gasteiger partial charge in [-0.2, -0.15) is 0 Å². The number of nitro benzene ring substituents is 1. The number of aromatic hydroxyl groups is 1. The van der Waals surface area contributed by atoms with Crippen molar-refractivity contribution in [2.75, 3.05) is 157 Å². The maximum Gasteiger partial charge on any atom is 0.349 e. The van der Waals surface area contributed by atoms with Gasteiger partial charge in [0.25, 0.3) is 11.6 Å². The summed E-state index contributed by atoms with van der Waals surface area (Å²) in [6, 6.07) is 14.5. The summed E-state index contributed by atoms with van der Waals surface area (Å²) in [7, 11) is 1.33. The second-order valence-electron chi connectivity index (χ2n) is 19.6. The van der Waals surface area contributed by atoms with E-state index in [1.807, 2.05) is 32.0 Å². The van der Waals surface area contributed by atoms with Crippen LogP contribution in [0.25, 0.3) is 11.0 Å². The quantitative estimate of drug-likeness (QED) is 0.00781. The molecule has 2 unspecified atom stereocenters. The molecule has 0 saturated heterocycles. The third-order valence-electron chi connectivity index (χ3n) is 13.2. The second kappa shape index (κ2) is 43.0. The lowest BCUT2D eigenvalue weighted by molar-refractivity contribution is -0.385. The van der Waals surface area contributed by atoms with Gasteiger partial charge in [-0.1, -0.05) is 12.1 Å². The van der Waals surface area contributed by atoms with Crippen molar-refractivity contribution < 1.29 is 81.0 Å². The Balaban J connectivity index is 0.978. The number of guanidine groups is 1. The molecule has 28 nitrogen and oxygen atoms in total. The number of fused-ring (bicyclic) bond motifs is 1. The van der Waals surface area contributed by atoms with Crippen molar-refractivity contribution in [2.24, 2.45) is 5.73 Å². The summed E-state index contributed by atoms with van der Waals surface area (Å²) < 4.78 is 61.0. The maximum atomic E-state index is 13.7. The van der Waals surface area contributed by atoms with Gasteiger partial charge in [0.1, 0.15) is 22.9 Å². The van der Waals surface area contributed by atoms with Gasteiger partial charge in [-0.15, -0.1) is 0 Å². The van der Waals surface area contributed by atoms with Crippen molar-refractivity contribution in [3.8, 4) is 17.2 Å². The van der Waals surface area contributed by atoms with E-state index in [2.05, 4.69) is 31.5 Å². The Morgan fingerprint density at radius 1 is 0.670 bits per heavy atom. The van der Waals surface area contributed by atoms with Gasteiger partial charge in [0.15, 0.2) is 17.5 Å². The number of nitrogens with two attached hydrogens (primary N) is 1. The third kappa shape index (κ3) is 28.9. The molecule has 0 radical (unpaired) electrons. The summed E-state index contributed by atoms with van der Waals surface area (Å²) in [5.41, 5.74) is 6.76. The highest BCUT2D eigenvalue weighted by atomic mass is 16.6. The number of hydrogen-bond donors (Lipinski definition) is 8. The maximum absolute atomic E-state index is 13.7. The zero-order chi connectivity index (χ0) is 63.7. The number of phenols is 1. The molecule has 4 amide bonds. The summed E-state index contributed by atoms with van der Waals surface area (Å²) in [4.78, 5) is 78.1. The van der Waals surface area contributed by atoms with Crippen LogP contribution in [0, 0.1) is 15.5 Å². The predicted molar refractivity (Wildman–Crippen MR) is 326 cm³/mol. The largest absolute Gasteiger partial charge is 0.508 e. The minimum Gasteiger partial charge on any atom is -0.508 e. The average Bonchev–Trinajstić information content (AvgIpc) is 2.88. The molecule has 488 valence electrons. The molecule has 0 fully saturated rings. The van der Waals surface area contributed by atoms with Crippen molar-refractivity contribution >= 4 is 51.9 Å². The first-order chi connectivity index (χ1) is 42.6. The molecule has 88 heavy (non-hydrogen) atoms. The molecule has 0 bridgehead atoms. The van der Waals surface area contributed by atoms with Crippen LogP contribution in [-0.2, 0) is 58.7 Å². The van der Waals surface area contributed by atoms with Crippen LogP contribution in [0.1, 0.15) is 80.4 Å². The number of carbonyl (C=O) groups is 4. The lowest BCUT2D eigenvalue weighted by atomic mass is 10.0. The third-order valence-corrected chi connectivity index (χ3v) is 13.2. The molecular formula is C60H89N9O19. The van der Waals surface area contributed by atoms with Crippen LogP contribution in [0.3, 0.4) is 0 Å². The van der Waals surface area contributed by atoms with Crippen molar-refractivity contribution in [1.29, 1.82) is 5.41 Å². The Hall–Kier alpha value is -7.70. The van der Waals surface area contributed by atoms with E-state index in [4.69, 9.17) is 62.9 Å². The van der Waals surface area contributed by atoms with Gasteiger partial charge in [0.05, 0.1) is 142 Å². The average molecular weight is 1240 g/mol. The van der Waals surface area contributed by atoms with E-state index in [0.29, 0.717) is 116 Å². The molecule has 0 saturated carbocycles. The van der Waals surface area contributed by atoms with Gasteiger partial charge >= 0.3 is 5.63 Å². The number of rotatable bonds is 49. The first kappa shape index (κ1) is 72.8. The lowest BCUT2D eigenvalue weighted by Gasteiger charge is -2.22. The van der Waals surface area contributed by atoms with Crippen LogP contribution in [0.15, 0.2) is 69.9 Å². The highest BCUT2D eigenvalue weighted by Gasteiger charge is 2.28. The van der Waals surface area contributed by atoms with Gasteiger partial charge < -0.3 is 94.1 Å². The summed E-state index contributed by atoms with van der Waals surface area (Å²) in [6.45, 7) is 13.4. The SMILES string of the molecule is CCN(CC)c1ccc2cc(C(=O)NCCOCCOCCOCCOCCOCCOCCOCCOCCC(=O)NC(CCCNC(=N)N)C(=O)NC(C)c3cc(OCCCC(=O)NCCc4ccc(O)cc4)c(OC)cc3[N+](=O)[O-])c(=O)oc2c1. The summed E-state index contributed by atoms with van der Waals surface area (Å²) >= 11 is 0. The van der Waals surface area contributed by atoms with Crippen LogP contribution in [-0.4, -0.2) is 198 Å². The number of nitrogens with one attached hydrogen (secondary N) is 6. The fraction of sp³-hybridized carbons (Fsp3) is 0.567. The van der Waals surface area contributed by atoms with Crippen molar-refractivity contribution in [1.82, 2.24) is 26.6 Å². The second-order valence-corrected chi connectivity index (χ2v) is 19.6. The van der Waals surface area contributed by atoms with Crippen molar-refractivity contribution in [3.05, 3.63) is 97.9 Å². The monoisotopic (exact) mass is 1240 g/mol. The topological polar surface area (TPSA) is 367 Å². The fourth-order valence-corrected chi connectivity index (χ4v) is 8.49. The molecule has 0 aliphatic carbocycles. The number of nitro groups is 1. The minimum absolute atomic E-state index is 0.0423. The van der Waals surface area contributed by atoms with Gasteiger partial charge in [-0.3, -0.25) is 34.7 Å². The van der Waals surface area contributed by atoms with Gasteiger partial charge in [-0.05, 0) is 88.4 Å². The first-order valence-corrected chi connectivity index (χ1v) is 29.6. The lowest BCUT2D eigenvalue weighted by Crippen LogP contribution is -2.48. The van der Waals surface area contributed by atoms with E-state index >= 15 is 0 Å². The smallest absolute Gasteiger partial charge is 0.349 e. The number of amides is 4. The zero-order valence-electron chi connectivity index (χ0n) is 51.0. The van der Waals surface area contributed by atoms with Crippen LogP contribution < -0.4 is 52.3 Å². The molecule has 3 aromatic carbocycles. The van der Waals surface area contributed by atoms with Gasteiger partial charge in [0, 0.05) is 62.7 Å². The van der Waals surface area contributed by atoms with E-state index in [0.717, 1.165) is 24.3 Å². The van der Waals surface area contributed by atoms with Crippen LogP contribution in [0.2, 0.25) is 0 Å². The Morgan fingerprint density at radius 2 is 1.25 bits per heavy atom. The van der Waals surface area contributed by atoms with Gasteiger partial charge in [0.2, 0.25) is 17.7 Å². The number of anilines is 1. The van der Waals surface area contributed by atoms with E-state index in [-0.39, 0.29) is 111 Å². The normalized spacial score (nSPS) is 11.8. The summed E-state index contributed by atoms with van der Waals surface area (Å²) in [5, 5.41) is 43.5. The number of hydrogen-bond acceptors (Lipinski definition) is 21. The predicted octanol–water partition coefficient (Wildman–Crippen LogP) is 3.66. The molecule has 0 aliphatic heterocycles. The number of methoxy groups -OCH3 is 1. The molecule has 4 rings (SSSR count). The Morgan fingerprint density at radius 3 is 1.81 bits per heavy atom. The minimum atomic E-state index is -1.05. The highest BCUT2D eigenvalue weighted by Crippen LogP contribution is 2.38. The number of nitrogens with zero attached hydrogens (tertiary/aromatic N) is 2. The molecule has 2 atom stereocenters. The molecular weight excluding hydrogens is 1150 g/mol. The van der Waals surface area contributed by atoms with E-state index in [1.165, 1.54) is 25.3 Å². The van der Waals surface area contributed by atoms with E-state index < -0.39 is 40.4 Å². The Labute approximate surface area is 512 Å². The molecule has 9 N–H and O–H groups in total. The number of benzene rings is 3. The number of ether oxygens (including phenoxy) is 10. The molecule has 4 aromatic rings. The number of carbonyl (C=O) groups excluding carboxylic acids is 4. The molecule has 28 heteroatoms.